The number of carbonyl (C=O) groups is 2. The van der Waals surface area contributed by atoms with Crippen LogP contribution < -0.4 is 15.1 Å². The van der Waals surface area contributed by atoms with Gasteiger partial charge >= 0.3 is 11.6 Å². The maximum atomic E-state index is 12.4. The highest BCUT2D eigenvalue weighted by Gasteiger charge is 2.10. The van der Waals surface area contributed by atoms with E-state index in [0.29, 0.717) is 38.8 Å². The maximum absolute atomic E-state index is 12.4. The zero-order valence-corrected chi connectivity index (χ0v) is 17.5. The normalized spacial score (nSPS) is 10.7. The van der Waals surface area contributed by atoms with E-state index in [1.807, 2.05) is 0 Å². The van der Waals surface area contributed by atoms with Crippen LogP contribution in [0.1, 0.15) is 36.0 Å². The number of esters is 1. The Balaban J connectivity index is 1.47. The van der Waals surface area contributed by atoms with Crippen molar-refractivity contribution in [2.45, 2.75) is 31.7 Å². The summed E-state index contributed by atoms with van der Waals surface area (Å²) >= 11 is 0. The first kappa shape index (κ1) is 21.5. The summed E-state index contributed by atoms with van der Waals surface area (Å²) < 4.78 is 16.2. The number of carbonyl (C=O) groups excluding carboxylic acids is 2. The Kier molecular flexibility index (Phi) is 7.97. The summed E-state index contributed by atoms with van der Waals surface area (Å²) in [7, 11) is 0.420. The molecule has 30 heavy (non-hydrogen) atoms. The molecule has 2 radical (unpaired) electrons. The molecule has 0 unspecified atom stereocenters. The summed E-state index contributed by atoms with van der Waals surface area (Å²) in [6.07, 6.45) is 4.20. The van der Waals surface area contributed by atoms with Gasteiger partial charge in [0.25, 0.3) is 0 Å². The third-order valence-corrected chi connectivity index (χ3v) is 5.27. The molecule has 1 heterocycles. The van der Waals surface area contributed by atoms with E-state index in [1.165, 1.54) is 12.1 Å². The summed E-state index contributed by atoms with van der Waals surface area (Å²) in [4.78, 5) is 34.0. The van der Waals surface area contributed by atoms with Crippen LogP contribution in [0.25, 0.3) is 11.0 Å². The molecule has 0 N–H and O–H groups in total. The smallest absolute Gasteiger partial charge is 0.343 e. The van der Waals surface area contributed by atoms with E-state index in [-0.39, 0.29) is 0 Å². The second-order valence-corrected chi connectivity index (χ2v) is 7.85. The molecule has 7 heteroatoms. The van der Waals surface area contributed by atoms with Crippen molar-refractivity contribution >= 4 is 32.4 Å². The Labute approximate surface area is 176 Å². The van der Waals surface area contributed by atoms with Gasteiger partial charge in [-0.3, -0.25) is 0 Å². The fourth-order valence-corrected chi connectivity index (χ4v) is 3.46. The summed E-state index contributed by atoms with van der Waals surface area (Å²) in [6, 6.07) is 15.6. The van der Waals surface area contributed by atoms with E-state index in [4.69, 9.17) is 13.9 Å². The van der Waals surface area contributed by atoms with E-state index in [1.54, 1.807) is 42.5 Å². The predicted molar refractivity (Wildman–Crippen MR) is 115 cm³/mol. The van der Waals surface area contributed by atoms with Gasteiger partial charge in [-0.05, 0) is 48.9 Å². The standard InChI is InChI=1S/C23H22O6Si/c24-16-30-14-4-2-1-3-13-27-19-9-6-18(7-10-19)23(26)28-20-11-5-17-8-12-22(25)29-21(17)15-20/h5-12,15-16H,1-4,13-14H2. The minimum atomic E-state index is -0.504. The minimum absolute atomic E-state index is 0.302. The number of rotatable bonds is 11. The fraction of sp³-hybridized carbons (Fsp3) is 0.261. The number of ether oxygens (including phenoxy) is 2. The number of benzene rings is 2. The van der Waals surface area contributed by atoms with E-state index in [2.05, 4.69) is 0 Å². The summed E-state index contributed by atoms with van der Waals surface area (Å²) in [5, 5.41) is 0.747. The van der Waals surface area contributed by atoms with Crippen molar-refractivity contribution in [1.29, 1.82) is 0 Å². The summed E-state index contributed by atoms with van der Waals surface area (Å²) in [5.41, 5.74) is 0.300. The van der Waals surface area contributed by atoms with Gasteiger partial charge in [0.05, 0.1) is 18.1 Å². The molecule has 6 nitrogen and oxygen atoms in total. The maximum Gasteiger partial charge on any atom is 0.343 e. The molecule has 3 rings (SSSR count). The molecule has 1 aromatic heterocycles. The molecular weight excluding hydrogens is 400 g/mol. The largest absolute Gasteiger partial charge is 0.494 e. The topological polar surface area (TPSA) is 82.8 Å². The number of unbranched alkanes of at least 4 members (excludes halogenated alkanes) is 3. The van der Waals surface area contributed by atoms with Crippen molar-refractivity contribution < 1.29 is 23.5 Å². The quantitative estimate of drug-likeness (QED) is 0.115. The van der Waals surface area contributed by atoms with Crippen LogP contribution in [0.5, 0.6) is 11.5 Å². The molecule has 3 aromatic rings. The molecule has 0 atom stereocenters. The van der Waals surface area contributed by atoms with Gasteiger partial charge in [-0.2, -0.15) is 0 Å². The second kappa shape index (κ2) is 11.1. The minimum Gasteiger partial charge on any atom is -0.494 e. The lowest BCUT2D eigenvalue weighted by molar-refractivity contribution is 0.0735. The van der Waals surface area contributed by atoms with Gasteiger partial charge in [0.1, 0.15) is 26.6 Å². The Morgan fingerprint density at radius 1 is 0.933 bits per heavy atom. The lowest BCUT2D eigenvalue weighted by atomic mass is 10.2. The highest BCUT2D eigenvalue weighted by Crippen LogP contribution is 2.21. The Bertz CT molecular complexity index is 1040. The Morgan fingerprint density at radius 2 is 1.67 bits per heavy atom. The molecule has 2 aromatic carbocycles. The van der Waals surface area contributed by atoms with E-state index in [0.717, 1.165) is 43.0 Å². The van der Waals surface area contributed by atoms with Crippen LogP contribution in [-0.4, -0.2) is 28.0 Å². The van der Waals surface area contributed by atoms with Crippen LogP contribution in [0, 0.1) is 0 Å². The number of fused-ring (bicyclic) bond motifs is 1. The Hall–Kier alpha value is -3.19. The lowest BCUT2D eigenvalue weighted by Crippen LogP contribution is -2.08. The van der Waals surface area contributed by atoms with Crippen LogP contribution in [0.2, 0.25) is 6.04 Å². The molecule has 0 saturated carbocycles. The number of hydrogen-bond acceptors (Lipinski definition) is 6. The second-order valence-electron chi connectivity index (χ2n) is 6.70. The molecule has 0 aliphatic carbocycles. The molecule has 0 saturated heterocycles. The highest BCUT2D eigenvalue weighted by molar-refractivity contribution is 6.66. The van der Waals surface area contributed by atoms with Crippen molar-refractivity contribution in [3.8, 4) is 11.5 Å². The monoisotopic (exact) mass is 422 g/mol. The molecule has 0 spiro atoms. The molecule has 0 aliphatic rings. The van der Waals surface area contributed by atoms with Crippen molar-refractivity contribution in [3.63, 3.8) is 0 Å². The van der Waals surface area contributed by atoms with Crippen LogP contribution >= 0.6 is 0 Å². The van der Waals surface area contributed by atoms with E-state index in [9.17, 15) is 14.4 Å². The molecule has 0 fully saturated rings. The molecular formula is C23H22O6Si. The zero-order chi connectivity index (χ0) is 21.2. The van der Waals surface area contributed by atoms with Crippen LogP contribution in [-0.2, 0) is 4.79 Å². The zero-order valence-electron chi connectivity index (χ0n) is 16.5. The molecule has 154 valence electrons. The fourth-order valence-electron chi connectivity index (χ4n) is 2.89. The Morgan fingerprint density at radius 3 is 2.47 bits per heavy atom. The van der Waals surface area contributed by atoms with Crippen molar-refractivity contribution in [3.05, 3.63) is 70.6 Å². The van der Waals surface area contributed by atoms with Gasteiger partial charge in [-0.25, -0.2) is 9.59 Å². The SMILES string of the molecule is O=C[Si]CCCCCCOc1ccc(C(=O)Oc2ccc3ccc(=O)oc3c2)cc1. The van der Waals surface area contributed by atoms with Gasteiger partial charge < -0.3 is 18.7 Å². The summed E-state index contributed by atoms with van der Waals surface area (Å²) in [5.74, 6) is 1.48. The first-order valence-electron chi connectivity index (χ1n) is 9.82. The average Bonchev–Trinajstić information content (AvgIpc) is 2.75. The molecule has 0 aliphatic heterocycles. The summed E-state index contributed by atoms with van der Waals surface area (Å²) in [6.45, 7) is 0.613. The number of hydrogen-bond donors (Lipinski definition) is 0. The predicted octanol–water partition coefficient (Wildman–Crippen LogP) is 4.26. The van der Waals surface area contributed by atoms with Gasteiger partial charge in [0.2, 0.25) is 0 Å². The van der Waals surface area contributed by atoms with Crippen LogP contribution in [0.15, 0.2) is 63.8 Å². The van der Waals surface area contributed by atoms with E-state index < -0.39 is 11.6 Å². The van der Waals surface area contributed by atoms with Gasteiger partial charge in [0.15, 0.2) is 0 Å². The lowest BCUT2D eigenvalue weighted by Gasteiger charge is -2.08. The first-order chi connectivity index (χ1) is 14.7. The van der Waals surface area contributed by atoms with Gasteiger partial charge in [-0.1, -0.05) is 25.3 Å². The third kappa shape index (κ3) is 6.42. The average molecular weight is 423 g/mol. The highest BCUT2D eigenvalue weighted by atomic mass is 28.2. The molecule has 0 amide bonds. The van der Waals surface area contributed by atoms with Crippen LogP contribution in [0.3, 0.4) is 0 Å². The molecule has 0 bridgehead atoms. The van der Waals surface area contributed by atoms with Crippen molar-refractivity contribution in [2.75, 3.05) is 6.61 Å². The van der Waals surface area contributed by atoms with Crippen molar-refractivity contribution in [2.24, 2.45) is 0 Å². The van der Waals surface area contributed by atoms with Gasteiger partial charge in [0, 0.05) is 17.5 Å². The first-order valence-corrected chi connectivity index (χ1v) is 11.1. The van der Waals surface area contributed by atoms with E-state index >= 15 is 0 Å². The van der Waals surface area contributed by atoms with Gasteiger partial charge in [-0.15, -0.1) is 0 Å². The van der Waals surface area contributed by atoms with Crippen LogP contribution in [0.4, 0.5) is 0 Å². The van der Waals surface area contributed by atoms with Crippen molar-refractivity contribution in [1.82, 2.24) is 0 Å². The third-order valence-electron chi connectivity index (χ3n) is 4.46.